The van der Waals surface area contributed by atoms with E-state index in [-0.39, 0.29) is 6.10 Å². The Morgan fingerprint density at radius 2 is 2.06 bits per heavy atom. The van der Waals surface area contributed by atoms with Gasteiger partial charge >= 0.3 is 0 Å². The van der Waals surface area contributed by atoms with Crippen molar-refractivity contribution in [3.05, 3.63) is 35.7 Å². The predicted octanol–water partition coefficient (Wildman–Crippen LogP) is 1.56. The van der Waals surface area contributed by atoms with E-state index in [1.807, 2.05) is 16.8 Å². The van der Waals surface area contributed by atoms with Gasteiger partial charge < -0.3 is 5.11 Å². The summed E-state index contributed by atoms with van der Waals surface area (Å²) < 4.78 is 1.82. The Morgan fingerprint density at radius 3 is 2.82 bits per heavy atom. The molecule has 1 unspecified atom stereocenters. The molecule has 3 rings (SSSR count). The highest BCUT2D eigenvalue weighted by Crippen LogP contribution is 2.20. The molecule has 88 valence electrons. The third-order valence-corrected chi connectivity index (χ3v) is 3.14. The third kappa shape index (κ3) is 1.96. The minimum absolute atomic E-state index is 0.282. The minimum atomic E-state index is -0.282. The lowest BCUT2D eigenvalue weighted by atomic mass is 10.1. The van der Waals surface area contributed by atoms with Crippen LogP contribution < -0.4 is 0 Å². The van der Waals surface area contributed by atoms with Crippen molar-refractivity contribution in [3.8, 4) is 11.4 Å². The summed E-state index contributed by atoms with van der Waals surface area (Å²) in [5.74, 6) is 1.74. The fourth-order valence-electron chi connectivity index (χ4n) is 2.12. The number of aliphatic hydroxyl groups is 1. The molecule has 0 saturated carbocycles. The zero-order valence-electron chi connectivity index (χ0n) is 9.80. The third-order valence-electron chi connectivity index (χ3n) is 3.14. The van der Waals surface area contributed by atoms with Crippen LogP contribution in [0.3, 0.4) is 0 Å². The molecule has 1 N–H and O–H groups in total. The van der Waals surface area contributed by atoms with E-state index >= 15 is 0 Å². The molecule has 1 aliphatic heterocycles. The average molecular weight is 229 g/mol. The molecule has 1 atom stereocenters. The Morgan fingerprint density at radius 1 is 1.29 bits per heavy atom. The number of aryl methyl sites for hydroxylation is 2. The van der Waals surface area contributed by atoms with Crippen LogP contribution in [0.4, 0.5) is 0 Å². The number of aromatic nitrogens is 3. The second-order valence-electron chi connectivity index (χ2n) is 4.59. The lowest BCUT2D eigenvalue weighted by Gasteiger charge is -2.16. The highest BCUT2D eigenvalue weighted by molar-refractivity contribution is 5.54. The normalized spacial score (nSPS) is 19.1. The predicted molar refractivity (Wildman–Crippen MR) is 64.5 cm³/mol. The first-order valence-corrected chi connectivity index (χ1v) is 5.91. The second kappa shape index (κ2) is 3.96. The number of nitrogens with zero attached hydrogens (tertiary/aromatic N) is 3. The molecule has 4 heteroatoms. The summed E-state index contributed by atoms with van der Waals surface area (Å²) in [6.45, 7) is 2.62. The molecule has 1 aromatic carbocycles. The molecule has 0 saturated heterocycles. The van der Waals surface area contributed by atoms with Gasteiger partial charge in [-0.1, -0.05) is 29.8 Å². The molecule has 0 aliphatic carbocycles. The Labute approximate surface area is 99.9 Å². The van der Waals surface area contributed by atoms with Gasteiger partial charge in [0, 0.05) is 12.0 Å². The van der Waals surface area contributed by atoms with Crippen LogP contribution in [0, 0.1) is 6.92 Å². The molecule has 2 aromatic rings. The van der Waals surface area contributed by atoms with E-state index in [0.29, 0.717) is 6.54 Å². The van der Waals surface area contributed by atoms with Crippen LogP contribution in [0.5, 0.6) is 0 Å². The van der Waals surface area contributed by atoms with Crippen LogP contribution in [0.15, 0.2) is 24.3 Å². The maximum Gasteiger partial charge on any atom is 0.181 e. The van der Waals surface area contributed by atoms with Crippen molar-refractivity contribution in [1.82, 2.24) is 14.8 Å². The van der Waals surface area contributed by atoms with Crippen LogP contribution in [0.2, 0.25) is 0 Å². The van der Waals surface area contributed by atoms with Gasteiger partial charge in [-0.25, -0.2) is 9.67 Å². The fraction of sp³-hybridized carbons (Fsp3) is 0.385. The molecule has 0 spiro atoms. The quantitative estimate of drug-likeness (QED) is 0.807. The van der Waals surface area contributed by atoms with Crippen LogP contribution >= 0.6 is 0 Å². The standard InChI is InChI=1S/C13H15N3O/c1-9-2-4-10(5-3-9)13-14-12-7-6-11(17)8-16(12)15-13/h2-5,11,17H,6-8H2,1H3. The van der Waals surface area contributed by atoms with Gasteiger partial charge in [0.1, 0.15) is 5.82 Å². The summed E-state index contributed by atoms with van der Waals surface area (Å²) >= 11 is 0. The lowest BCUT2D eigenvalue weighted by Crippen LogP contribution is -2.25. The van der Waals surface area contributed by atoms with E-state index in [1.54, 1.807) is 0 Å². The molecule has 2 heterocycles. The summed E-state index contributed by atoms with van der Waals surface area (Å²) in [5, 5.41) is 14.0. The maximum absolute atomic E-state index is 9.58. The summed E-state index contributed by atoms with van der Waals surface area (Å²) in [6, 6.07) is 8.19. The highest BCUT2D eigenvalue weighted by Gasteiger charge is 2.19. The molecule has 0 amide bonds. The van der Waals surface area contributed by atoms with Gasteiger partial charge in [-0.3, -0.25) is 0 Å². The van der Waals surface area contributed by atoms with E-state index in [4.69, 9.17) is 0 Å². The van der Waals surface area contributed by atoms with Crippen molar-refractivity contribution in [1.29, 1.82) is 0 Å². The van der Waals surface area contributed by atoms with E-state index in [1.165, 1.54) is 5.56 Å². The van der Waals surface area contributed by atoms with Gasteiger partial charge in [-0.05, 0) is 13.3 Å². The van der Waals surface area contributed by atoms with Crippen molar-refractivity contribution in [2.24, 2.45) is 0 Å². The Kier molecular flexibility index (Phi) is 2.44. The molecule has 0 bridgehead atoms. The number of benzene rings is 1. The number of hydrogen-bond acceptors (Lipinski definition) is 3. The van der Waals surface area contributed by atoms with Crippen LogP contribution in [-0.2, 0) is 13.0 Å². The van der Waals surface area contributed by atoms with E-state index in [2.05, 4.69) is 29.1 Å². The van der Waals surface area contributed by atoms with Crippen LogP contribution in [0.25, 0.3) is 11.4 Å². The molecular formula is C13H15N3O. The summed E-state index contributed by atoms with van der Waals surface area (Å²) in [5.41, 5.74) is 2.26. The molecule has 1 aliphatic rings. The molecule has 0 fully saturated rings. The van der Waals surface area contributed by atoms with Gasteiger partial charge in [0.05, 0.1) is 12.6 Å². The van der Waals surface area contributed by atoms with Crippen LogP contribution in [-0.4, -0.2) is 26.0 Å². The van der Waals surface area contributed by atoms with E-state index in [0.717, 1.165) is 30.1 Å². The topological polar surface area (TPSA) is 50.9 Å². The lowest BCUT2D eigenvalue weighted by molar-refractivity contribution is 0.124. The SMILES string of the molecule is Cc1ccc(-c2nc3n(n2)CC(O)CC3)cc1. The zero-order chi connectivity index (χ0) is 11.8. The fourth-order valence-corrected chi connectivity index (χ4v) is 2.12. The van der Waals surface area contributed by atoms with Gasteiger partial charge in [0.25, 0.3) is 0 Å². The summed E-state index contributed by atoms with van der Waals surface area (Å²) in [6.07, 6.45) is 1.31. The first kappa shape index (κ1) is 10.5. The number of fused-ring (bicyclic) bond motifs is 1. The van der Waals surface area contributed by atoms with Crippen molar-refractivity contribution in [3.63, 3.8) is 0 Å². The van der Waals surface area contributed by atoms with Crippen LogP contribution in [0.1, 0.15) is 17.8 Å². The van der Waals surface area contributed by atoms with Crippen molar-refractivity contribution < 1.29 is 5.11 Å². The van der Waals surface area contributed by atoms with E-state index < -0.39 is 0 Å². The summed E-state index contributed by atoms with van der Waals surface area (Å²) in [4.78, 5) is 4.53. The Bertz CT molecular complexity index is 530. The van der Waals surface area contributed by atoms with Gasteiger partial charge in [0.15, 0.2) is 5.82 Å². The summed E-state index contributed by atoms with van der Waals surface area (Å²) in [7, 11) is 0. The van der Waals surface area contributed by atoms with Gasteiger partial charge in [-0.2, -0.15) is 5.10 Å². The highest BCUT2D eigenvalue weighted by atomic mass is 16.3. The smallest absolute Gasteiger partial charge is 0.181 e. The number of rotatable bonds is 1. The zero-order valence-corrected chi connectivity index (χ0v) is 9.80. The van der Waals surface area contributed by atoms with Crippen molar-refractivity contribution >= 4 is 0 Å². The first-order valence-electron chi connectivity index (χ1n) is 5.91. The number of aliphatic hydroxyl groups excluding tert-OH is 1. The molecule has 1 aromatic heterocycles. The number of hydrogen-bond donors (Lipinski definition) is 1. The maximum atomic E-state index is 9.58. The van der Waals surface area contributed by atoms with Crippen molar-refractivity contribution in [2.45, 2.75) is 32.4 Å². The minimum Gasteiger partial charge on any atom is -0.391 e. The molecular weight excluding hydrogens is 214 g/mol. The Balaban J connectivity index is 1.97. The Hall–Kier alpha value is -1.68. The molecule has 17 heavy (non-hydrogen) atoms. The van der Waals surface area contributed by atoms with Gasteiger partial charge in [-0.15, -0.1) is 0 Å². The monoisotopic (exact) mass is 229 g/mol. The largest absolute Gasteiger partial charge is 0.391 e. The average Bonchev–Trinajstić information content (AvgIpc) is 2.72. The molecule has 4 nitrogen and oxygen atoms in total. The van der Waals surface area contributed by atoms with Crippen molar-refractivity contribution in [2.75, 3.05) is 0 Å². The molecule has 0 radical (unpaired) electrons. The second-order valence-corrected chi connectivity index (χ2v) is 4.59. The first-order chi connectivity index (χ1) is 8.22. The van der Waals surface area contributed by atoms with Gasteiger partial charge in [0.2, 0.25) is 0 Å². The van der Waals surface area contributed by atoms with E-state index in [9.17, 15) is 5.11 Å².